The van der Waals surface area contributed by atoms with Gasteiger partial charge in [0.25, 0.3) is 0 Å². The number of carboxylic acids is 1. The van der Waals surface area contributed by atoms with Gasteiger partial charge in [0.05, 0.1) is 0 Å². The molecule has 1 rings (SSSR count). The van der Waals surface area contributed by atoms with Gasteiger partial charge in [0.2, 0.25) is 0 Å². The Morgan fingerprint density at radius 1 is 1.80 bits per heavy atom. The number of nitrogens with two attached hydrogens (primary N) is 1. The molecule has 0 amide bonds. The first-order chi connectivity index (χ1) is 4.55. The summed E-state index contributed by atoms with van der Waals surface area (Å²) < 4.78 is 0. The first-order valence-corrected chi connectivity index (χ1v) is 3.18. The fourth-order valence-electron chi connectivity index (χ4n) is 1.34. The predicted molar refractivity (Wildman–Crippen MR) is 34.3 cm³/mol. The van der Waals surface area contributed by atoms with Gasteiger partial charge in [-0.25, -0.2) is 0 Å². The van der Waals surface area contributed by atoms with Gasteiger partial charge in [-0.3, -0.25) is 4.79 Å². The van der Waals surface area contributed by atoms with Crippen molar-refractivity contribution in [3.8, 4) is 0 Å². The Hall–Kier alpha value is -0.610. The van der Waals surface area contributed by atoms with E-state index in [4.69, 9.17) is 15.9 Å². The van der Waals surface area contributed by atoms with Crippen LogP contribution < -0.4 is 5.73 Å². The predicted octanol–water partition coefficient (Wildman–Crippen LogP) is -0.973. The largest absolute Gasteiger partial charge is 0.480 e. The van der Waals surface area contributed by atoms with Gasteiger partial charge in [-0.1, -0.05) is 6.92 Å². The second kappa shape index (κ2) is 1.93. The summed E-state index contributed by atoms with van der Waals surface area (Å²) in [5, 5.41) is 17.2. The number of hydrogen-bond acceptors (Lipinski definition) is 3. The van der Waals surface area contributed by atoms with E-state index in [0.29, 0.717) is 0 Å². The van der Waals surface area contributed by atoms with Crippen molar-refractivity contribution in [2.45, 2.75) is 12.5 Å². The molecular weight excluding hydrogens is 134 g/mol. The van der Waals surface area contributed by atoms with Gasteiger partial charge in [0.1, 0.15) is 5.54 Å². The van der Waals surface area contributed by atoms with Gasteiger partial charge in [-0.15, -0.1) is 0 Å². The highest BCUT2D eigenvalue weighted by Crippen LogP contribution is 2.47. The molecule has 10 heavy (non-hydrogen) atoms. The van der Waals surface area contributed by atoms with Crippen LogP contribution in [0.3, 0.4) is 0 Å². The van der Waals surface area contributed by atoms with E-state index in [1.807, 2.05) is 0 Å². The second-order valence-corrected chi connectivity index (χ2v) is 2.82. The van der Waals surface area contributed by atoms with Gasteiger partial charge < -0.3 is 15.9 Å². The molecule has 1 aliphatic carbocycles. The topological polar surface area (TPSA) is 83.5 Å². The molecule has 0 aliphatic heterocycles. The normalized spacial score (nSPS) is 45.1. The molecule has 0 unspecified atom stereocenters. The van der Waals surface area contributed by atoms with Gasteiger partial charge in [0, 0.05) is 12.5 Å². The maximum Gasteiger partial charge on any atom is 0.324 e. The van der Waals surface area contributed by atoms with E-state index in [2.05, 4.69) is 0 Å². The van der Waals surface area contributed by atoms with Crippen molar-refractivity contribution in [3.63, 3.8) is 0 Å². The third kappa shape index (κ3) is 0.660. The first-order valence-electron chi connectivity index (χ1n) is 3.18. The molecular formula is C6H11NO3. The Morgan fingerprint density at radius 3 is 2.40 bits per heavy atom. The summed E-state index contributed by atoms with van der Waals surface area (Å²) >= 11 is 0. The average molecular weight is 145 g/mol. The van der Waals surface area contributed by atoms with E-state index < -0.39 is 11.5 Å². The number of aliphatic carboxylic acids is 1. The van der Waals surface area contributed by atoms with Crippen molar-refractivity contribution < 1.29 is 15.0 Å². The van der Waals surface area contributed by atoms with Crippen LogP contribution in [0.1, 0.15) is 6.92 Å². The Labute approximate surface area is 58.6 Å². The minimum atomic E-state index is -1.16. The summed E-state index contributed by atoms with van der Waals surface area (Å²) in [6, 6.07) is 0. The molecule has 0 aromatic heterocycles. The van der Waals surface area contributed by atoms with Crippen LogP contribution in [0.2, 0.25) is 0 Å². The summed E-state index contributed by atoms with van der Waals surface area (Å²) in [7, 11) is 0. The number of rotatable bonds is 2. The van der Waals surface area contributed by atoms with Crippen molar-refractivity contribution in [2.75, 3.05) is 6.61 Å². The van der Waals surface area contributed by atoms with Crippen molar-refractivity contribution in [2.24, 2.45) is 17.6 Å². The highest BCUT2D eigenvalue weighted by atomic mass is 16.4. The van der Waals surface area contributed by atoms with E-state index in [1.54, 1.807) is 6.92 Å². The summed E-state index contributed by atoms with van der Waals surface area (Å²) in [4.78, 5) is 10.4. The molecule has 58 valence electrons. The van der Waals surface area contributed by atoms with E-state index in [-0.39, 0.29) is 18.4 Å². The van der Waals surface area contributed by atoms with Crippen LogP contribution >= 0.6 is 0 Å². The molecule has 0 radical (unpaired) electrons. The van der Waals surface area contributed by atoms with Crippen molar-refractivity contribution in [1.29, 1.82) is 0 Å². The highest BCUT2D eigenvalue weighted by molar-refractivity contribution is 5.83. The van der Waals surface area contributed by atoms with Gasteiger partial charge in [-0.2, -0.15) is 0 Å². The summed E-state index contributed by atoms with van der Waals surface area (Å²) in [5.41, 5.74) is 4.27. The molecule has 4 heteroatoms. The molecule has 1 fully saturated rings. The van der Waals surface area contributed by atoms with E-state index in [9.17, 15) is 4.79 Å². The Bertz CT molecular complexity index is 170. The lowest BCUT2D eigenvalue weighted by Crippen LogP contribution is -2.37. The van der Waals surface area contributed by atoms with E-state index >= 15 is 0 Å². The number of aliphatic hydroxyl groups is 1. The number of carboxylic acid groups (broad SMARTS) is 1. The van der Waals surface area contributed by atoms with Crippen LogP contribution in [-0.4, -0.2) is 28.3 Å². The third-order valence-corrected chi connectivity index (χ3v) is 2.43. The fraction of sp³-hybridized carbons (Fsp3) is 0.833. The lowest BCUT2D eigenvalue weighted by atomic mass is 10.2. The summed E-state index contributed by atoms with van der Waals surface area (Å²) in [6.45, 7) is 1.60. The maximum atomic E-state index is 10.4. The van der Waals surface area contributed by atoms with Crippen molar-refractivity contribution in [3.05, 3.63) is 0 Å². The standard InChI is InChI=1S/C6H11NO3/c1-3-4(2-8)6(3,7)5(9)10/h3-4,8H,2,7H2,1H3,(H,9,10)/t3-,4-,6+/m1/s1. The average Bonchev–Trinajstić information content (AvgIpc) is 2.38. The highest BCUT2D eigenvalue weighted by Gasteiger charge is 2.64. The molecule has 1 saturated carbocycles. The van der Waals surface area contributed by atoms with Crippen LogP contribution in [-0.2, 0) is 4.79 Å². The molecule has 0 spiro atoms. The van der Waals surface area contributed by atoms with Crippen LogP contribution in [0.25, 0.3) is 0 Å². The zero-order valence-electron chi connectivity index (χ0n) is 5.74. The SMILES string of the molecule is C[C@@H]1[C@@H](CO)[C@]1(N)C(=O)O. The van der Waals surface area contributed by atoms with Gasteiger partial charge >= 0.3 is 5.97 Å². The first kappa shape index (κ1) is 7.50. The molecule has 0 bridgehead atoms. The Morgan fingerprint density at radius 2 is 2.30 bits per heavy atom. The summed E-state index contributed by atoms with van der Waals surface area (Å²) in [5.74, 6) is -1.38. The third-order valence-electron chi connectivity index (χ3n) is 2.43. The quantitative estimate of drug-likeness (QED) is 0.466. The Kier molecular flexibility index (Phi) is 1.45. The Balaban J connectivity index is 2.67. The molecule has 4 nitrogen and oxygen atoms in total. The fourth-order valence-corrected chi connectivity index (χ4v) is 1.34. The number of carbonyl (C=O) groups is 1. The lowest BCUT2D eigenvalue weighted by molar-refractivity contribution is -0.140. The number of aliphatic hydroxyl groups excluding tert-OH is 1. The van der Waals surface area contributed by atoms with Crippen LogP contribution in [0.4, 0.5) is 0 Å². The minimum Gasteiger partial charge on any atom is -0.480 e. The molecule has 0 aromatic carbocycles. The van der Waals surface area contributed by atoms with Gasteiger partial charge in [-0.05, 0) is 5.92 Å². The molecule has 0 aromatic rings. The maximum absolute atomic E-state index is 10.4. The van der Waals surface area contributed by atoms with Crippen molar-refractivity contribution >= 4 is 5.97 Å². The smallest absolute Gasteiger partial charge is 0.324 e. The zero-order valence-corrected chi connectivity index (χ0v) is 5.74. The van der Waals surface area contributed by atoms with Crippen LogP contribution in [0.15, 0.2) is 0 Å². The molecule has 1 aliphatic rings. The van der Waals surface area contributed by atoms with E-state index in [0.717, 1.165) is 0 Å². The second-order valence-electron chi connectivity index (χ2n) is 2.82. The molecule has 4 N–H and O–H groups in total. The molecule has 0 heterocycles. The lowest BCUT2D eigenvalue weighted by Gasteiger charge is -2.01. The van der Waals surface area contributed by atoms with Crippen LogP contribution in [0, 0.1) is 11.8 Å². The van der Waals surface area contributed by atoms with Crippen molar-refractivity contribution in [1.82, 2.24) is 0 Å². The van der Waals surface area contributed by atoms with Crippen LogP contribution in [0.5, 0.6) is 0 Å². The molecule has 0 saturated heterocycles. The van der Waals surface area contributed by atoms with E-state index in [1.165, 1.54) is 0 Å². The summed E-state index contributed by atoms with van der Waals surface area (Å²) in [6.07, 6.45) is 0. The zero-order chi connectivity index (χ0) is 7.94. The molecule has 3 atom stereocenters. The number of hydrogen-bond donors (Lipinski definition) is 3. The van der Waals surface area contributed by atoms with Gasteiger partial charge in [0.15, 0.2) is 0 Å². The monoisotopic (exact) mass is 145 g/mol. The minimum absolute atomic E-state index is 0.102.